The van der Waals surface area contributed by atoms with Gasteiger partial charge < -0.3 is 14.9 Å². The molecular weight excluding hydrogens is 300 g/mol. The van der Waals surface area contributed by atoms with E-state index in [0.717, 1.165) is 36.2 Å². The Morgan fingerprint density at radius 1 is 1.25 bits per heavy atom. The van der Waals surface area contributed by atoms with Crippen molar-refractivity contribution >= 4 is 17.7 Å². The summed E-state index contributed by atoms with van der Waals surface area (Å²) in [5.74, 6) is -0.871. The molecule has 24 heavy (non-hydrogen) atoms. The van der Waals surface area contributed by atoms with Crippen LogP contribution >= 0.6 is 0 Å². The van der Waals surface area contributed by atoms with Crippen molar-refractivity contribution in [3.63, 3.8) is 0 Å². The van der Waals surface area contributed by atoms with Crippen molar-refractivity contribution in [2.75, 3.05) is 25.5 Å². The van der Waals surface area contributed by atoms with Gasteiger partial charge in [0.2, 0.25) is 0 Å². The maximum atomic E-state index is 11.6. The molecule has 0 atom stereocenters. The zero-order chi connectivity index (χ0) is 17.9. The van der Waals surface area contributed by atoms with Gasteiger partial charge in [0, 0.05) is 24.3 Å². The predicted molar refractivity (Wildman–Crippen MR) is 101 cm³/mol. The summed E-state index contributed by atoms with van der Waals surface area (Å²) in [5.41, 5.74) is 3.14. The molecule has 0 amide bonds. The van der Waals surface area contributed by atoms with E-state index in [2.05, 4.69) is 43.5 Å². The average molecular weight is 330 g/mol. The lowest BCUT2D eigenvalue weighted by Crippen LogP contribution is -2.42. The van der Waals surface area contributed by atoms with E-state index in [0.29, 0.717) is 17.6 Å². The Morgan fingerprint density at radius 3 is 2.29 bits per heavy atom. The van der Waals surface area contributed by atoms with Crippen molar-refractivity contribution in [3.05, 3.63) is 35.4 Å². The molecule has 4 heteroatoms. The van der Waals surface area contributed by atoms with Crippen molar-refractivity contribution in [1.29, 1.82) is 0 Å². The van der Waals surface area contributed by atoms with Crippen LogP contribution in [0.5, 0.6) is 0 Å². The summed E-state index contributed by atoms with van der Waals surface area (Å²) in [7, 11) is 4.30. The number of nitrogens with zero attached hydrogens (tertiary/aromatic N) is 2. The minimum Gasteiger partial charge on any atom is -0.478 e. The first kappa shape index (κ1) is 18.5. The second-order valence-electron chi connectivity index (χ2n) is 6.93. The Balaban J connectivity index is 2.32. The number of rotatable bonds is 6. The van der Waals surface area contributed by atoms with E-state index in [1.807, 2.05) is 6.92 Å². The van der Waals surface area contributed by atoms with Crippen LogP contribution in [0.4, 0.5) is 5.69 Å². The van der Waals surface area contributed by atoms with Crippen molar-refractivity contribution in [2.45, 2.75) is 51.6 Å². The predicted octanol–water partition coefficient (Wildman–Crippen LogP) is 4.04. The summed E-state index contributed by atoms with van der Waals surface area (Å²) in [4.78, 5) is 16.3. The van der Waals surface area contributed by atoms with Gasteiger partial charge in [-0.2, -0.15) is 0 Å². The standard InChI is InChI=1S/C20H30N2O2/c1-6-15-12-18(20(23)24)14(3)19(13-15)22(7-2)17-10-8-16(9-11-17)21(4)5/h6,12-13,16-17H,1,7-11H2,2-5H3,(H,23,24)/t16-,17-. The van der Waals surface area contributed by atoms with Gasteiger partial charge in [-0.1, -0.05) is 12.7 Å². The molecule has 2 rings (SSSR count). The fourth-order valence-corrected chi connectivity index (χ4v) is 3.87. The van der Waals surface area contributed by atoms with Crippen LogP contribution in [0.3, 0.4) is 0 Å². The Bertz CT molecular complexity index is 602. The van der Waals surface area contributed by atoms with Crippen molar-refractivity contribution in [3.8, 4) is 0 Å². The molecule has 1 N–H and O–H groups in total. The molecule has 1 aliphatic rings. The molecule has 1 saturated carbocycles. The van der Waals surface area contributed by atoms with E-state index >= 15 is 0 Å². The largest absolute Gasteiger partial charge is 0.478 e. The molecule has 0 spiro atoms. The molecule has 1 aliphatic carbocycles. The molecule has 0 aromatic heterocycles. The lowest BCUT2D eigenvalue weighted by Gasteiger charge is -2.40. The van der Waals surface area contributed by atoms with Crippen LogP contribution in [0.2, 0.25) is 0 Å². The number of carboxylic acid groups (broad SMARTS) is 1. The normalized spacial score (nSPS) is 20.9. The molecule has 0 bridgehead atoms. The second kappa shape index (κ2) is 7.84. The molecular formula is C20H30N2O2. The van der Waals surface area contributed by atoms with Gasteiger partial charge in [-0.3, -0.25) is 0 Å². The summed E-state index contributed by atoms with van der Waals surface area (Å²) < 4.78 is 0. The molecule has 1 aromatic carbocycles. The Kier molecular flexibility index (Phi) is 6.05. The van der Waals surface area contributed by atoms with E-state index < -0.39 is 5.97 Å². The first-order valence-electron chi connectivity index (χ1n) is 8.82. The smallest absolute Gasteiger partial charge is 0.336 e. The van der Waals surface area contributed by atoms with Gasteiger partial charge in [0.25, 0.3) is 0 Å². The van der Waals surface area contributed by atoms with Gasteiger partial charge >= 0.3 is 5.97 Å². The van der Waals surface area contributed by atoms with Crippen molar-refractivity contribution < 1.29 is 9.90 Å². The average Bonchev–Trinajstić information content (AvgIpc) is 2.57. The molecule has 4 nitrogen and oxygen atoms in total. The minimum absolute atomic E-state index is 0.378. The third kappa shape index (κ3) is 3.81. The van der Waals surface area contributed by atoms with Crippen molar-refractivity contribution in [2.24, 2.45) is 0 Å². The zero-order valence-electron chi connectivity index (χ0n) is 15.4. The first-order valence-corrected chi connectivity index (χ1v) is 8.82. The molecule has 1 aromatic rings. The number of benzene rings is 1. The quantitative estimate of drug-likeness (QED) is 0.855. The van der Waals surface area contributed by atoms with E-state index in [4.69, 9.17) is 0 Å². The summed E-state index contributed by atoms with van der Waals surface area (Å²) in [6.07, 6.45) is 6.42. The van der Waals surface area contributed by atoms with Crippen LogP contribution in [0.25, 0.3) is 6.08 Å². The van der Waals surface area contributed by atoms with Crippen LogP contribution in [0, 0.1) is 6.92 Å². The summed E-state index contributed by atoms with van der Waals surface area (Å²) in [5, 5.41) is 9.51. The van der Waals surface area contributed by atoms with Crippen molar-refractivity contribution in [1.82, 2.24) is 4.90 Å². The fraction of sp³-hybridized carbons (Fsp3) is 0.550. The number of carbonyl (C=O) groups is 1. The second-order valence-corrected chi connectivity index (χ2v) is 6.93. The topological polar surface area (TPSA) is 43.8 Å². The minimum atomic E-state index is -0.871. The Labute approximate surface area is 145 Å². The molecule has 0 unspecified atom stereocenters. The Hall–Kier alpha value is -1.81. The van der Waals surface area contributed by atoms with Gasteiger partial charge in [0.1, 0.15) is 0 Å². The van der Waals surface area contributed by atoms with Crippen LogP contribution in [0.15, 0.2) is 18.7 Å². The maximum Gasteiger partial charge on any atom is 0.336 e. The molecule has 0 aliphatic heterocycles. The van der Waals surface area contributed by atoms with Crippen LogP contribution in [0.1, 0.15) is 54.1 Å². The van der Waals surface area contributed by atoms with E-state index in [9.17, 15) is 9.90 Å². The molecule has 132 valence electrons. The fourth-order valence-electron chi connectivity index (χ4n) is 3.87. The number of carboxylic acids is 1. The first-order chi connectivity index (χ1) is 11.4. The van der Waals surface area contributed by atoms with Crippen LogP contribution in [-0.4, -0.2) is 48.7 Å². The Morgan fingerprint density at radius 2 is 1.83 bits per heavy atom. The monoisotopic (exact) mass is 330 g/mol. The molecule has 1 fully saturated rings. The SMILES string of the molecule is C=Cc1cc(C(=O)O)c(C)c(N(CC)[C@H]2CC[C@H](N(C)C)CC2)c1. The van der Waals surface area contributed by atoms with E-state index in [1.165, 1.54) is 12.8 Å². The lowest BCUT2D eigenvalue weighted by atomic mass is 9.88. The highest BCUT2D eigenvalue weighted by atomic mass is 16.4. The number of hydrogen-bond donors (Lipinski definition) is 1. The molecule has 0 heterocycles. The number of hydrogen-bond acceptors (Lipinski definition) is 3. The van der Waals surface area contributed by atoms with Crippen LogP contribution < -0.4 is 4.90 Å². The zero-order valence-corrected chi connectivity index (χ0v) is 15.4. The van der Waals surface area contributed by atoms with E-state index in [-0.39, 0.29) is 0 Å². The molecule has 0 radical (unpaired) electrons. The van der Waals surface area contributed by atoms with Crippen LogP contribution in [-0.2, 0) is 0 Å². The van der Waals surface area contributed by atoms with Gasteiger partial charge in [0.15, 0.2) is 0 Å². The van der Waals surface area contributed by atoms with Gasteiger partial charge in [-0.15, -0.1) is 0 Å². The summed E-state index contributed by atoms with van der Waals surface area (Å²) in [6.45, 7) is 8.77. The van der Waals surface area contributed by atoms with Gasteiger partial charge in [-0.05, 0) is 76.9 Å². The maximum absolute atomic E-state index is 11.6. The number of aromatic carboxylic acids is 1. The summed E-state index contributed by atoms with van der Waals surface area (Å²) >= 11 is 0. The number of anilines is 1. The third-order valence-corrected chi connectivity index (χ3v) is 5.36. The van der Waals surface area contributed by atoms with Gasteiger partial charge in [0.05, 0.1) is 5.56 Å². The molecule has 0 saturated heterocycles. The lowest BCUT2D eigenvalue weighted by molar-refractivity contribution is 0.0696. The third-order valence-electron chi connectivity index (χ3n) is 5.36. The highest BCUT2D eigenvalue weighted by Gasteiger charge is 2.28. The van der Waals surface area contributed by atoms with E-state index in [1.54, 1.807) is 12.1 Å². The highest BCUT2D eigenvalue weighted by Crippen LogP contribution is 2.33. The highest BCUT2D eigenvalue weighted by molar-refractivity contribution is 5.92. The van der Waals surface area contributed by atoms with Gasteiger partial charge in [-0.25, -0.2) is 4.79 Å². The summed E-state index contributed by atoms with van der Waals surface area (Å²) in [6, 6.07) is 4.93.